The fourth-order valence-electron chi connectivity index (χ4n) is 4.83. The highest BCUT2D eigenvalue weighted by molar-refractivity contribution is 5.98. The maximum atomic E-state index is 12.7. The second kappa shape index (κ2) is 21.0. The van der Waals surface area contributed by atoms with Crippen LogP contribution in [0, 0.1) is 11.8 Å². The molecule has 0 aromatic carbocycles. The van der Waals surface area contributed by atoms with E-state index >= 15 is 0 Å². The number of hydrogen-bond donors (Lipinski definition) is 4. The minimum Gasteiger partial charge on any atom is -0.354 e. The second-order valence-electron chi connectivity index (χ2n) is 12.0. The highest BCUT2D eigenvalue weighted by atomic mass is 16.2. The van der Waals surface area contributed by atoms with Crippen molar-refractivity contribution < 1.29 is 19.2 Å². The molecule has 44 heavy (non-hydrogen) atoms. The summed E-state index contributed by atoms with van der Waals surface area (Å²) in [5, 5.41) is 11.6. The van der Waals surface area contributed by atoms with Crippen LogP contribution in [0.1, 0.15) is 113 Å². The van der Waals surface area contributed by atoms with Gasteiger partial charge in [-0.2, -0.15) is 0 Å². The number of unbranched alkanes of at least 4 members (excludes halogenated alkanes) is 9. The molecule has 2 aromatic heterocycles. The fraction of sp³-hybridized carbons (Fsp3) is 0.588. The third kappa shape index (κ3) is 14.1. The number of amides is 4. The standard InChI is InChI=1S/C34H52N6O4/c1-25(2)29(39-31(41)27-15-21-35-22-16-27)33(43)37-19-13-11-9-7-5-6-8-10-12-14-20-38-34(44)30(26(3)4)40-32(42)28-17-23-36-24-18-28/h15-18,21-26,29-30H,5-14,19-20H2,1-4H3,(H,37,43)(H,38,44)(H,39,41)(H,40,42). The van der Waals surface area contributed by atoms with Gasteiger partial charge in [-0.1, -0.05) is 79.1 Å². The van der Waals surface area contributed by atoms with E-state index in [9.17, 15) is 19.2 Å². The third-order valence-corrected chi connectivity index (χ3v) is 7.56. The van der Waals surface area contributed by atoms with E-state index in [-0.39, 0.29) is 35.5 Å². The monoisotopic (exact) mass is 608 g/mol. The smallest absolute Gasteiger partial charge is 0.252 e. The van der Waals surface area contributed by atoms with Crippen molar-refractivity contribution in [2.75, 3.05) is 13.1 Å². The lowest BCUT2D eigenvalue weighted by molar-refractivity contribution is -0.124. The van der Waals surface area contributed by atoms with Gasteiger partial charge >= 0.3 is 0 Å². The number of hydrogen-bond acceptors (Lipinski definition) is 6. The molecule has 0 saturated heterocycles. The molecule has 2 unspecified atom stereocenters. The number of pyridine rings is 2. The van der Waals surface area contributed by atoms with E-state index in [0.717, 1.165) is 38.5 Å². The molecule has 4 amide bonds. The molecule has 0 saturated carbocycles. The maximum Gasteiger partial charge on any atom is 0.252 e. The van der Waals surface area contributed by atoms with Crippen molar-refractivity contribution in [2.45, 2.75) is 104 Å². The topological polar surface area (TPSA) is 142 Å². The quantitative estimate of drug-likeness (QED) is 0.150. The largest absolute Gasteiger partial charge is 0.354 e. The molecule has 242 valence electrons. The molecule has 0 bridgehead atoms. The van der Waals surface area contributed by atoms with Crippen LogP contribution in [0.25, 0.3) is 0 Å². The molecule has 10 heteroatoms. The summed E-state index contributed by atoms with van der Waals surface area (Å²) in [4.78, 5) is 58.0. The lowest BCUT2D eigenvalue weighted by atomic mass is 10.0. The summed E-state index contributed by atoms with van der Waals surface area (Å²) in [6.07, 6.45) is 17.3. The summed E-state index contributed by atoms with van der Waals surface area (Å²) < 4.78 is 0. The average molecular weight is 609 g/mol. The molecule has 0 fully saturated rings. The molecule has 2 atom stereocenters. The molecule has 4 N–H and O–H groups in total. The van der Waals surface area contributed by atoms with Gasteiger partial charge in [-0.15, -0.1) is 0 Å². The Balaban J connectivity index is 1.46. The van der Waals surface area contributed by atoms with Crippen molar-refractivity contribution in [3.63, 3.8) is 0 Å². The zero-order valence-electron chi connectivity index (χ0n) is 26.9. The number of rotatable bonds is 21. The van der Waals surface area contributed by atoms with Gasteiger partial charge in [0.2, 0.25) is 11.8 Å². The minimum absolute atomic E-state index is 0.0190. The van der Waals surface area contributed by atoms with E-state index in [1.165, 1.54) is 25.7 Å². The van der Waals surface area contributed by atoms with Crippen molar-refractivity contribution in [2.24, 2.45) is 11.8 Å². The van der Waals surface area contributed by atoms with Crippen molar-refractivity contribution in [3.05, 3.63) is 60.2 Å². The Bertz CT molecular complexity index is 1040. The number of carbonyl (C=O) groups excluding carboxylic acids is 4. The SMILES string of the molecule is CC(C)C(NC(=O)c1ccncc1)C(=O)NCCCCCCCCCCCCNC(=O)C(NC(=O)c1ccncc1)C(C)C. The first-order valence-corrected chi connectivity index (χ1v) is 16.2. The first-order chi connectivity index (χ1) is 21.2. The molecule has 10 nitrogen and oxygen atoms in total. The highest BCUT2D eigenvalue weighted by Crippen LogP contribution is 2.11. The second-order valence-corrected chi connectivity index (χ2v) is 12.0. The number of nitrogens with one attached hydrogen (secondary N) is 4. The van der Waals surface area contributed by atoms with Crippen LogP contribution in [0.4, 0.5) is 0 Å². The van der Waals surface area contributed by atoms with Crippen molar-refractivity contribution in [1.82, 2.24) is 31.2 Å². The van der Waals surface area contributed by atoms with Crippen molar-refractivity contribution >= 4 is 23.6 Å². The van der Waals surface area contributed by atoms with Crippen LogP contribution < -0.4 is 21.3 Å². The van der Waals surface area contributed by atoms with Gasteiger partial charge < -0.3 is 21.3 Å². The van der Waals surface area contributed by atoms with Gasteiger partial charge in [-0.3, -0.25) is 29.1 Å². The third-order valence-electron chi connectivity index (χ3n) is 7.56. The normalized spacial score (nSPS) is 12.4. The summed E-state index contributed by atoms with van der Waals surface area (Å²) in [6.45, 7) is 8.91. The minimum atomic E-state index is -0.574. The van der Waals surface area contributed by atoms with Crippen LogP contribution >= 0.6 is 0 Å². The highest BCUT2D eigenvalue weighted by Gasteiger charge is 2.25. The zero-order valence-corrected chi connectivity index (χ0v) is 26.9. The number of aromatic nitrogens is 2. The molecule has 0 radical (unpaired) electrons. The molecule has 2 aromatic rings. The Kier molecular flexibility index (Phi) is 17.3. The van der Waals surface area contributed by atoms with E-state index in [1.54, 1.807) is 49.1 Å². The van der Waals surface area contributed by atoms with Gasteiger partial charge in [0.1, 0.15) is 12.1 Å². The zero-order chi connectivity index (χ0) is 32.2. The van der Waals surface area contributed by atoms with Crippen LogP contribution in [0.15, 0.2) is 49.1 Å². The Morgan fingerprint density at radius 2 is 0.818 bits per heavy atom. The maximum absolute atomic E-state index is 12.7. The predicted molar refractivity (Wildman–Crippen MR) is 173 cm³/mol. The fourth-order valence-corrected chi connectivity index (χ4v) is 4.83. The van der Waals surface area contributed by atoms with Gasteiger partial charge in [0.15, 0.2) is 0 Å². The number of carbonyl (C=O) groups is 4. The molecule has 0 spiro atoms. The Morgan fingerprint density at radius 1 is 0.523 bits per heavy atom. The average Bonchev–Trinajstić information content (AvgIpc) is 3.02. The first-order valence-electron chi connectivity index (χ1n) is 16.2. The lowest BCUT2D eigenvalue weighted by Crippen LogP contribution is -2.49. The summed E-state index contributed by atoms with van der Waals surface area (Å²) in [6, 6.07) is 5.38. The molecule has 2 heterocycles. The van der Waals surface area contributed by atoms with E-state index in [2.05, 4.69) is 31.2 Å². The van der Waals surface area contributed by atoms with Gasteiger partial charge in [0.05, 0.1) is 0 Å². The Morgan fingerprint density at radius 3 is 1.11 bits per heavy atom. The lowest BCUT2D eigenvalue weighted by Gasteiger charge is -2.21. The molecule has 0 aliphatic carbocycles. The Hall–Kier alpha value is -3.82. The van der Waals surface area contributed by atoms with Crippen molar-refractivity contribution in [1.29, 1.82) is 0 Å². The van der Waals surface area contributed by atoms with Crippen LogP contribution in [-0.4, -0.2) is 58.8 Å². The van der Waals surface area contributed by atoms with E-state index in [1.807, 2.05) is 27.7 Å². The van der Waals surface area contributed by atoms with Gasteiger partial charge in [0.25, 0.3) is 11.8 Å². The van der Waals surface area contributed by atoms with E-state index in [0.29, 0.717) is 24.2 Å². The summed E-state index contributed by atoms with van der Waals surface area (Å²) in [7, 11) is 0. The van der Waals surface area contributed by atoms with E-state index in [4.69, 9.17) is 0 Å². The molecular formula is C34H52N6O4. The van der Waals surface area contributed by atoms with Crippen LogP contribution in [0.5, 0.6) is 0 Å². The van der Waals surface area contributed by atoms with Crippen molar-refractivity contribution in [3.8, 4) is 0 Å². The summed E-state index contributed by atoms with van der Waals surface area (Å²) in [5.74, 6) is -0.867. The van der Waals surface area contributed by atoms with Crippen LogP contribution in [0.2, 0.25) is 0 Å². The van der Waals surface area contributed by atoms with E-state index < -0.39 is 12.1 Å². The predicted octanol–water partition coefficient (Wildman–Crippen LogP) is 4.82. The molecule has 0 aliphatic rings. The summed E-state index contributed by atoms with van der Waals surface area (Å²) >= 11 is 0. The van der Waals surface area contributed by atoms with Gasteiger partial charge in [-0.05, 0) is 48.9 Å². The Labute approximate surface area is 263 Å². The van der Waals surface area contributed by atoms with Crippen LogP contribution in [0.3, 0.4) is 0 Å². The molecular weight excluding hydrogens is 556 g/mol. The van der Waals surface area contributed by atoms with Crippen LogP contribution in [-0.2, 0) is 9.59 Å². The number of nitrogens with zero attached hydrogens (tertiary/aromatic N) is 2. The van der Waals surface area contributed by atoms with Gasteiger partial charge in [-0.25, -0.2) is 0 Å². The first kappa shape index (κ1) is 36.4. The van der Waals surface area contributed by atoms with Gasteiger partial charge in [0, 0.05) is 49.0 Å². The molecule has 0 aliphatic heterocycles. The summed E-state index contributed by atoms with van der Waals surface area (Å²) in [5.41, 5.74) is 0.979. The molecule has 2 rings (SSSR count).